The van der Waals surface area contributed by atoms with Crippen LogP contribution in [0.4, 0.5) is 11.4 Å². The lowest BCUT2D eigenvalue weighted by molar-refractivity contribution is -0.106. The van der Waals surface area contributed by atoms with Crippen LogP contribution in [-0.4, -0.2) is 34.3 Å². The number of nitrogens with zero attached hydrogens (tertiary/aromatic N) is 2. The zero-order chi connectivity index (χ0) is 24.9. The smallest absolute Gasteiger partial charge is 0.265 e. The second-order valence-corrected chi connectivity index (χ2v) is 8.10. The van der Waals surface area contributed by atoms with Crippen molar-refractivity contribution in [2.75, 3.05) is 9.80 Å². The minimum absolute atomic E-state index is 0.000277. The zero-order valence-electron chi connectivity index (χ0n) is 18.4. The van der Waals surface area contributed by atoms with Crippen molar-refractivity contribution in [1.29, 1.82) is 0 Å². The second kappa shape index (κ2) is 8.11. The normalized spacial score (nSPS) is 12.7. The van der Waals surface area contributed by atoms with Crippen LogP contribution in [-0.2, 0) is 4.79 Å². The monoisotopic (exact) mass is 466 g/mol. The van der Waals surface area contributed by atoms with Crippen LogP contribution in [0.15, 0.2) is 72.8 Å². The number of hydrogen-bond donors (Lipinski definition) is 2. The van der Waals surface area contributed by atoms with Crippen LogP contribution in [0.25, 0.3) is 10.8 Å². The highest BCUT2D eigenvalue weighted by molar-refractivity contribution is 6.37. The Bertz CT molecular complexity index is 1520. The summed E-state index contributed by atoms with van der Waals surface area (Å²) in [5.41, 5.74) is 1.85. The van der Waals surface area contributed by atoms with Gasteiger partial charge in [-0.25, -0.2) is 9.80 Å². The molecule has 4 aromatic rings. The number of aryl methyl sites for hydroxylation is 1. The third kappa shape index (κ3) is 3.39. The third-order valence-corrected chi connectivity index (χ3v) is 6.03. The lowest BCUT2D eigenvalue weighted by atomic mass is 9.88. The van der Waals surface area contributed by atoms with Gasteiger partial charge < -0.3 is 10.2 Å². The Balaban J connectivity index is 1.68. The van der Waals surface area contributed by atoms with Gasteiger partial charge in [0.25, 0.3) is 17.7 Å². The summed E-state index contributed by atoms with van der Waals surface area (Å²) >= 11 is 0. The van der Waals surface area contributed by atoms with Crippen molar-refractivity contribution in [2.45, 2.75) is 6.92 Å². The van der Waals surface area contributed by atoms with Gasteiger partial charge in [-0.3, -0.25) is 19.2 Å². The van der Waals surface area contributed by atoms with E-state index in [1.807, 2.05) is 0 Å². The predicted octanol–water partition coefficient (Wildman–Crippen LogP) is 4.16. The molecule has 172 valence electrons. The lowest BCUT2D eigenvalue weighted by Gasteiger charge is -2.28. The van der Waals surface area contributed by atoms with E-state index in [0.29, 0.717) is 28.4 Å². The maximum atomic E-state index is 13.5. The number of carbonyl (C=O) groups excluding carboxylic acids is 4. The van der Waals surface area contributed by atoms with Gasteiger partial charge in [0.1, 0.15) is 11.5 Å². The summed E-state index contributed by atoms with van der Waals surface area (Å²) in [5.74, 6) is -1.78. The van der Waals surface area contributed by atoms with Crippen molar-refractivity contribution in [2.24, 2.45) is 0 Å². The van der Waals surface area contributed by atoms with E-state index in [-0.39, 0.29) is 33.9 Å². The van der Waals surface area contributed by atoms with Gasteiger partial charge in [-0.2, -0.15) is 0 Å². The maximum Gasteiger partial charge on any atom is 0.265 e. The number of benzene rings is 4. The number of hydrogen-bond acceptors (Lipinski definition) is 6. The summed E-state index contributed by atoms with van der Waals surface area (Å²) in [6, 6.07) is 17.5. The number of anilines is 2. The molecule has 8 heteroatoms. The SMILES string of the molecule is Cc1ccc2c3c(ccc(C(=O)N(C=O)c4ccc(O)cc4)c13)C(=O)N(c1ccc(O)cc1)C2=O. The molecule has 0 saturated carbocycles. The third-order valence-electron chi connectivity index (χ3n) is 6.03. The molecular formula is C27H18N2O6. The minimum atomic E-state index is -0.640. The molecule has 0 spiro atoms. The average Bonchev–Trinajstić information content (AvgIpc) is 2.85. The van der Waals surface area contributed by atoms with Crippen LogP contribution in [0.1, 0.15) is 36.6 Å². The highest BCUT2D eigenvalue weighted by Crippen LogP contribution is 2.37. The molecule has 0 saturated heterocycles. The summed E-state index contributed by atoms with van der Waals surface area (Å²) in [5, 5.41) is 19.9. The standard InChI is InChI=1S/C27H18N2O6/c1-15-2-11-21-24-22(27(35)29(26(21)34)17-5-9-19(32)10-6-17)13-12-20(23(15)24)25(33)28(14-30)16-3-7-18(31)8-4-16/h2-14,31-32H,1H3. The molecule has 0 aliphatic carbocycles. The van der Waals surface area contributed by atoms with Crippen LogP contribution >= 0.6 is 0 Å². The molecule has 0 radical (unpaired) electrons. The number of carbonyl (C=O) groups is 4. The minimum Gasteiger partial charge on any atom is -0.508 e. The average molecular weight is 466 g/mol. The first-order valence-corrected chi connectivity index (χ1v) is 10.6. The topological polar surface area (TPSA) is 115 Å². The molecule has 2 N–H and O–H groups in total. The molecule has 0 aromatic heterocycles. The van der Waals surface area contributed by atoms with Crippen LogP contribution < -0.4 is 9.80 Å². The summed E-state index contributed by atoms with van der Waals surface area (Å²) in [7, 11) is 0. The van der Waals surface area contributed by atoms with Gasteiger partial charge in [0.15, 0.2) is 0 Å². The largest absolute Gasteiger partial charge is 0.508 e. The van der Waals surface area contributed by atoms with Crippen molar-refractivity contribution in [3.8, 4) is 11.5 Å². The molecule has 0 unspecified atom stereocenters. The quantitative estimate of drug-likeness (QED) is 0.345. The van der Waals surface area contributed by atoms with Crippen molar-refractivity contribution >= 4 is 46.3 Å². The van der Waals surface area contributed by atoms with E-state index in [2.05, 4.69) is 0 Å². The Hall–Kier alpha value is -4.98. The molecule has 4 aromatic carbocycles. The maximum absolute atomic E-state index is 13.5. The van der Waals surface area contributed by atoms with Gasteiger partial charge in [0, 0.05) is 22.1 Å². The Morgan fingerprint density at radius 1 is 0.771 bits per heavy atom. The summed E-state index contributed by atoms with van der Waals surface area (Å²) in [6.45, 7) is 1.76. The fourth-order valence-corrected chi connectivity index (χ4v) is 4.34. The van der Waals surface area contributed by atoms with Gasteiger partial charge in [0.05, 0.1) is 11.4 Å². The van der Waals surface area contributed by atoms with Crippen molar-refractivity contribution in [1.82, 2.24) is 0 Å². The Labute approximate surface area is 199 Å². The van der Waals surface area contributed by atoms with Crippen LogP contribution in [0.3, 0.4) is 0 Å². The molecule has 4 amide bonds. The first-order valence-electron chi connectivity index (χ1n) is 10.6. The molecule has 0 atom stereocenters. The second-order valence-electron chi connectivity index (χ2n) is 8.10. The molecule has 0 bridgehead atoms. The van der Waals surface area contributed by atoms with Crippen LogP contribution in [0, 0.1) is 6.92 Å². The zero-order valence-corrected chi connectivity index (χ0v) is 18.4. The number of aromatic hydroxyl groups is 2. The molecule has 0 fully saturated rings. The fourth-order valence-electron chi connectivity index (χ4n) is 4.34. The summed E-state index contributed by atoms with van der Waals surface area (Å²) in [6.07, 6.45) is 0.377. The van der Waals surface area contributed by atoms with E-state index in [1.165, 1.54) is 60.7 Å². The number of imide groups is 2. The van der Waals surface area contributed by atoms with E-state index in [4.69, 9.17) is 0 Å². The van der Waals surface area contributed by atoms with Crippen LogP contribution in [0.5, 0.6) is 11.5 Å². The molecule has 5 rings (SSSR count). The summed E-state index contributed by atoms with van der Waals surface area (Å²) < 4.78 is 0. The van der Waals surface area contributed by atoms with Gasteiger partial charge >= 0.3 is 0 Å². The molecular weight excluding hydrogens is 448 g/mol. The van der Waals surface area contributed by atoms with E-state index >= 15 is 0 Å². The molecule has 8 nitrogen and oxygen atoms in total. The van der Waals surface area contributed by atoms with E-state index in [9.17, 15) is 29.4 Å². The number of phenolic OH excluding ortho intramolecular Hbond substituents is 2. The van der Waals surface area contributed by atoms with Gasteiger partial charge in [-0.1, -0.05) is 6.07 Å². The summed E-state index contributed by atoms with van der Waals surface area (Å²) in [4.78, 5) is 54.1. The van der Waals surface area contributed by atoms with Crippen LogP contribution in [0.2, 0.25) is 0 Å². The number of phenols is 2. The highest BCUT2D eigenvalue weighted by atomic mass is 16.3. The first kappa shape index (κ1) is 21.8. The lowest BCUT2D eigenvalue weighted by Crippen LogP contribution is -2.40. The molecule has 1 heterocycles. The predicted molar refractivity (Wildman–Crippen MR) is 129 cm³/mol. The molecule has 1 aliphatic heterocycles. The highest BCUT2D eigenvalue weighted by Gasteiger charge is 2.36. The van der Waals surface area contributed by atoms with E-state index in [1.54, 1.807) is 19.1 Å². The number of amides is 4. The van der Waals surface area contributed by atoms with E-state index < -0.39 is 17.7 Å². The Kier molecular flexibility index (Phi) is 5.06. The Morgan fingerprint density at radius 3 is 1.89 bits per heavy atom. The van der Waals surface area contributed by atoms with Crippen molar-refractivity contribution < 1.29 is 29.4 Å². The fraction of sp³-hybridized carbons (Fsp3) is 0.0370. The van der Waals surface area contributed by atoms with E-state index in [0.717, 1.165) is 9.80 Å². The van der Waals surface area contributed by atoms with Gasteiger partial charge in [0.2, 0.25) is 6.41 Å². The first-order chi connectivity index (χ1) is 16.8. The number of rotatable bonds is 4. The van der Waals surface area contributed by atoms with Gasteiger partial charge in [-0.05, 0) is 84.6 Å². The van der Waals surface area contributed by atoms with Crippen molar-refractivity contribution in [3.63, 3.8) is 0 Å². The van der Waals surface area contributed by atoms with Gasteiger partial charge in [-0.15, -0.1) is 0 Å². The van der Waals surface area contributed by atoms with Crippen molar-refractivity contribution in [3.05, 3.63) is 95.1 Å². The Morgan fingerprint density at radius 2 is 1.31 bits per heavy atom. The molecule has 1 aliphatic rings. The molecule has 35 heavy (non-hydrogen) atoms.